The van der Waals surface area contributed by atoms with Crippen LogP contribution in [0.4, 0.5) is 0 Å². The lowest BCUT2D eigenvalue weighted by molar-refractivity contribution is -0.138. The van der Waals surface area contributed by atoms with Gasteiger partial charge in [0.2, 0.25) is 0 Å². The zero-order valence-corrected chi connectivity index (χ0v) is 16.3. The number of carbonyl (C=O) groups excluding carboxylic acids is 1. The summed E-state index contributed by atoms with van der Waals surface area (Å²) in [6, 6.07) is 0. The van der Waals surface area contributed by atoms with Crippen LogP contribution in [0.2, 0.25) is 0 Å². The van der Waals surface area contributed by atoms with Crippen molar-refractivity contribution in [3.8, 4) is 0 Å². The molecule has 0 aliphatic heterocycles. The average Bonchev–Trinajstić information content (AvgIpc) is 2.58. The Morgan fingerprint density at radius 3 is 2.00 bits per heavy atom. The number of hydrogen-bond donors (Lipinski definition) is 1. The Labute approximate surface area is 149 Å². The molecule has 0 aromatic rings. The number of carbonyl (C=O) groups is 1. The van der Waals surface area contributed by atoms with Gasteiger partial charge in [-0.05, 0) is 38.1 Å². The highest BCUT2D eigenvalue weighted by molar-refractivity contribution is 5.88. The van der Waals surface area contributed by atoms with Crippen LogP contribution in [0.5, 0.6) is 0 Å². The molecule has 0 saturated carbocycles. The second kappa shape index (κ2) is 16.4. The van der Waals surface area contributed by atoms with Gasteiger partial charge in [-0.2, -0.15) is 0 Å². The summed E-state index contributed by atoms with van der Waals surface area (Å²) in [4.78, 5) is 14.1. The number of ether oxygens (including phenoxy) is 1. The van der Waals surface area contributed by atoms with Crippen molar-refractivity contribution in [2.45, 2.75) is 72.1 Å². The largest absolute Gasteiger partial charge is 0.461 e. The molecule has 0 aromatic carbocycles. The maximum Gasteiger partial charge on any atom is 0.354 e. The first-order valence-corrected chi connectivity index (χ1v) is 9.66. The van der Waals surface area contributed by atoms with Gasteiger partial charge in [-0.3, -0.25) is 0 Å². The highest BCUT2D eigenvalue weighted by atomic mass is 16.5. The topological polar surface area (TPSA) is 41.6 Å². The maximum atomic E-state index is 11.7. The fourth-order valence-corrected chi connectivity index (χ4v) is 2.47. The van der Waals surface area contributed by atoms with Crippen LogP contribution in [-0.2, 0) is 9.53 Å². The highest BCUT2D eigenvalue weighted by Crippen LogP contribution is 2.06. The first kappa shape index (κ1) is 22.6. The zero-order valence-electron chi connectivity index (χ0n) is 16.3. The van der Waals surface area contributed by atoms with E-state index in [4.69, 9.17) is 4.74 Å². The number of allylic oxidation sites excluding steroid dienone is 2. The number of rotatable bonds is 15. The third-order valence-corrected chi connectivity index (χ3v) is 3.92. The molecule has 0 aliphatic rings. The minimum atomic E-state index is -0.304. The third kappa shape index (κ3) is 12.0. The second-order valence-corrected chi connectivity index (χ2v) is 6.05. The van der Waals surface area contributed by atoms with E-state index >= 15 is 0 Å². The maximum absolute atomic E-state index is 11.7. The summed E-state index contributed by atoms with van der Waals surface area (Å²) >= 11 is 0. The summed E-state index contributed by atoms with van der Waals surface area (Å²) in [6.07, 6.45) is 16.0. The number of nitrogens with one attached hydrogen (secondary N) is 1. The first-order valence-electron chi connectivity index (χ1n) is 9.66. The smallest absolute Gasteiger partial charge is 0.354 e. The van der Waals surface area contributed by atoms with E-state index in [1.54, 1.807) is 13.1 Å². The third-order valence-electron chi connectivity index (χ3n) is 3.92. The van der Waals surface area contributed by atoms with E-state index in [1.807, 2.05) is 13.0 Å². The van der Waals surface area contributed by atoms with Gasteiger partial charge in [0.1, 0.15) is 5.70 Å². The van der Waals surface area contributed by atoms with Crippen molar-refractivity contribution >= 4 is 5.97 Å². The number of likely N-dealkylation sites (N-methyl/N-ethyl adjacent to an activating group) is 1. The molecule has 0 radical (unpaired) electrons. The van der Waals surface area contributed by atoms with E-state index in [1.165, 1.54) is 51.4 Å². The van der Waals surface area contributed by atoms with Crippen molar-refractivity contribution in [1.29, 1.82) is 0 Å². The number of unbranched alkanes of at least 4 members (excludes halogenated alkanes) is 6. The highest BCUT2D eigenvalue weighted by Gasteiger charge is 2.06. The van der Waals surface area contributed by atoms with Gasteiger partial charge in [-0.15, -0.1) is 0 Å². The molecule has 4 heteroatoms. The molecule has 24 heavy (non-hydrogen) atoms. The van der Waals surface area contributed by atoms with Crippen LogP contribution >= 0.6 is 0 Å². The number of esters is 1. The monoisotopic (exact) mass is 338 g/mol. The molecule has 1 N–H and O–H groups in total. The standard InChI is InChI=1S/C20H38N2O2/c1-5-8-10-12-16-22(17-13-11-9-6-2)18-14-15-19(21-4)20(23)24-7-3/h14-15,18,21H,5-13,16-17H2,1-4H3/b18-14+,19-15+. The molecule has 140 valence electrons. The fraction of sp³-hybridized carbons (Fsp3) is 0.750. The van der Waals surface area contributed by atoms with Gasteiger partial charge < -0.3 is 15.0 Å². The number of nitrogens with zero attached hydrogens (tertiary/aromatic N) is 1. The Bertz CT molecular complexity index is 353. The first-order chi connectivity index (χ1) is 11.7. The lowest BCUT2D eigenvalue weighted by Crippen LogP contribution is -2.20. The van der Waals surface area contributed by atoms with Crippen LogP contribution in [-0.4, -0.2) is 37.6 Å². The fourth-order valence-electron chi connectivity index (χ4n) is 2.47. The number of hydrogen-bond acceptors (Lipinski definition) is 4. The van der Waals surface area contributed by atoms with Crippen LogP contribution in [0.25, 0.3) is 0 Å². The van der Waals surface area contributed by atoms with Gasteiger partial charge in [0.25, 0.3) is 0 Å². The second-order valence-electron chi connectivity index (χ2n) is 6.05. The Kier molecular flexibility index (Phi) is 15.4. The van der Waals surface area contributed by atoms with Gasteiger partial charge in [-0.1, -0.05) is 52.4 Å². The van der Waals surface area contributed by atoms with Crippen molar-refractivity contribution in [3.63, 3.8) is 0 Å². The van der Waals surface area contributed by atoms with Crippen LogP contribution in [0.3, 0.4) is 0 Å². The molecule has 4 nitrogen and oxygen atoms in total. The zero-order chi connectivity index (χ0) is 18.0. The summed E-state index contributed by atoms with van der Waals surface area (Å²) in [5.41, 5.74) is 0.491. The summed E-state index contributed by atoms with van der Waals surface area (Å²) in [5.74, 6) is -0.304. The van der Waals surface area contributed by atoms with Gasteiger partial charge in [-0.25, -0.2) is 4.79 Å². The van der Waals surface area contributed by atoms with E-state index in [9.17, 15) is 4.79 Å². The minimum Gasteiger partial charge on any atom is -0.461 e. The van der Waals surface area contributed by atoms with E-state index in [0.29, 0.717) is 12.3 Å². The van der Waals surface area contributed by atoms with Gasteiger partial charge in [0.15, 0.2) is 0 Å². The quantitative estimate of drug-likeness (QED) is 0.205. The van der Waals surface area contributed by atoms with Crippen molar-refractivity contribution in [3.05, 3.63) is 24.0 Å². The molecule has 0 aliphatic carbocycles. The average molecular weight is 339 g/mol. The predicted molar refractivity (Wildman–Crippen MR) is 103 cm³/mol. The Morgan fingerprint density at radius 1 is 0.958 bits per heavy atom. The summed E-state index contributed by atoms with van der Waals surface area (Å²) in [7, 11) is 1.74. The van der Waals surface area contributed by atoms with E-state index in [2.05, 4.69) is 30.3 Å². The molecule has 0 aromatic heterocycles. The summed E-state index contributed by atoms with van der Waals surface area (Å²) in [6.45, 7) is 8.86. The molecule has 0 bridgehead atoms. The molecule has 0 saturated heterocycles. The van der Waals surface area contributed by atoms with Crippen LogP contribution in [0.1, 0.15) is 72.1 Å². The van der Waals surface area contributed by atoms with Crippen LogP contribution in [0.15, 0.2) is 24.0 Å². The van der Waals surface area contributed by atoms with E-state index < -0.39 is 0 Å². The minimum absolute atomic E-state index is 0.304. The van der Waals surface area contributed by atoms with Gasteiger partial charge in [0, 0.05) is 20.1 Å². The van der Waals surface area contributed by atoms with Crippen molar-refractivity contribution in [1.82, 2.24) is 10.2 Å². The molecule has 0 atom stereocenters. The Balaban J connectivity index is 4.53. The lowest BCUT2D eigenvalue weighted by Gasteiger charge is -2.20. The predicted octanol–water partition coefficient (Wildman–Crippen LogP) is 4.63. The molecular weight excluding hydrogens is 300 g/mol. The summed E-state index contributed by atoms with van der Waals surface area (Å²) < 4.78 is 5.02. The molecule has 0 rings (SSSR count). The van der Waals surface area contributed by atoms with Crippen LogP contribution in [0, 0.1) is 0 Å². The van der Waals surface area contributed by atoms with E-state index in [0.717, 1.165) is 13.1 Å². The lowest BCUT2D eigenvalue weighted by atomic mass is 10.2. The molecule has 0 spiro atoms. The molecular formula is C20H38N2O2. The van der Waals surface area contributed by atoms with Crippen molar-refractivity contribution in [2.75, 3.05) is 26.7 Å². The molecule has 0 heterocycles. The molecule has 0 amide bonds. The molecule has 0 unspecified atom stereocenters. The van der Waals surface area contributed by atoms with Gasteiger partial charge in [0.05, 0.1) is 6.61 Å². The van der Waals surface area contributed by atoms with Crippen molar-refractivity contribution < 1.29 is 9.53 Å². The van der Waals surface area contributed by atoms with Crippen LogP contribution < -0.4 is 5.32 Å². The van der Waals surface area contributed by atoms with Crippen molar-refractivity contribution in [2.24, 2.45) is 0 Å². The summed E-state index contributed by atoms with van der Waals surface area (Å²) in [5, 5.41) is 2.90. The Hall–Kier alpha value is -1.45. The normalized spacial score (nSPS) is 11.8. The Morgan fingerprint density at radius 2 is 1.54 bits per heavy atom. The SMILES string of the molecule is CCCCCCN(/C=C/C=C(/NC)C(=O)OCC)CCCCCC. The van der Waals surface area contributed by atoms with Gasteiger partial charge >= 0.3 is 5.97 Å². The van der Waals surface area contributed by atoms with E-state index in [-0.39, 0.29) is 5.97 Å². The molecule has 0 fully saturated rings.